The summed E-state index contributed by atoms with van der Waals surface area (Å²) in [6.45, 7) is 14.1. The number of nitrogens with zero attached hydrogens (tertiary/aromatic N) is 2. The van der Waals surface area contributed by atoms with Crippen LogP contribution >= 0.6 is 0 Å². The van der Waals surface area contributed by atoms with Gasteiger partial charge in [-0.1, -0.05) is 24.3 Å². The summed E-state index contributed by atoms with van der Waals surface area (Å²) in [4.78, 5) is 68.5. The lowest BCUT2D eigenvalue weighted by Crippen LogP contribution is -2.50. The van der Waals surface area contributed by atoms with Crippen molar-refractivity contribution in [3.8, 4) is 5.75 Å². The van der Waals surface area contributed by atoms with Crippen LogP contribution in [0.1, 0.15) is 99.8 Å². The van der Waals surface area contributed by atoms with Crippen molar-refractivity contribution < 1.29 is 51.3 Å². The number of likely N-dealkylation sites (tertiary alicyclic amines) is 2. The number of methoxy groups -OCH3 is 1. The van der Waals surface area contributed by atoms with Crippen molar-refractivity contribution in [2.45, 2.75) is 122 Å². The van der Waals surface area contributed by atoms with Gasteiger partial charge in [-0.25, -0.2) is 18.0 Å². The van der Waals surface area contributed by atoms with E-state index in [1.165, 1.54) is 19.2 Å². The number of hydrogen-bond donors (Lipinski definition) is 3. The van der Waals surface area contributed by atoms with E-state index in [1.807, 2.05) is 41.5 Å². The zero-order chi connectivity index (χ0) is 45.0. The molecule has 2 aromatic carbocycles. The molecule has 0 aromatic heterocycles. The molecule has 4 rings (SSSR count). The quantitative estimate of drug-likeness (QED) is 0.129. The number of ether oxygens (including phenoxy) is 4. The first-order chi connectivity index (χ1) is 28.7. The van der Waals surface area contributed by atoms with E-state index in [0.717, 1.165) is 38.5 Å². The standard InChI is InChI=1S/C44H67N5O11S/c1-9-58-40(52)35(47-61(55,56)37-19-18-36(57-8)33-12-10-11-13-34(33)37)28-45-38(50)29-46-39(51)32(16-14-30-20-24-48(25-21-30)41(53)59-43(2,3)4)17-15-31-22-26-49(27-23-31)42(54)60-44(5,6)7/h10-13,18-19,30-32,35,47H,9,14-17,20-29H2,1-8H3,(H,45,50)(H,46,51)/t35-/m0/s1. The molecule has 0 bridgehead atoms. The first kappa shape index (κ1) is 49.0. The zero-order valence-electron chi connectivity index (χ0n) is 37.2. The van der Waals surface area contributed by atoms with Gasteiger partial charge in [0.15, 0.2) is 0 Å². The van der Waals surface area contributed by atoms with Crippen molar-refractivity contribution in [2.75, 3.05) is 53.0 Å². The molecule has 61 heavy (non-hydrogen) atoms. The van der Waals surface area contributed by atoms with E-state index in [2.05, 4.69) is 15.4 Å². The summed E-state index contributed by atoms with van der Waals surface area (Å²) in [6.07, 6.45) is 5.24. The molecule has 3 N–H and O–H groups in total. The number of carbonyl (C=O) groups excluding carboxylic acids is 5. The van der Waals surface area contributed by atoms with E-state index >= 15 is 0 Å². The number of hydrogen-bond acceptors (Lipinski definition) is 11. The minimum Gasteiger partial charge on any atom is -0.496 e. The fourth-order valence-corrected chi connectivity index (χ4v) is 9.05. The van der Waals surface area contributed by atoms with Gasteiger partial charge in [0.05, 0.1) is 25.2 Å². The third kappa shape index (κ3) is 15.3. The van der Waals surface area contributed by atoms with Gasteiger partial charge in [0.1, 0.15) is 23.0 Å². The summed E-state index contributed by atoms with van der Waals surface area (Å²) >= 11 is 0. The normalized spacial score (nSPS) is 16.2. The molecule has 4 amide bonds. The first-order valence-corrected chi connectivity index (χ1v) is 22.9. The van der Waals surface area contributed by atoms with Crippen LogP contribution in [0.4, 0.5) is 9.59 Å². The summed E-state index contributed by atoms with van der Waals surface area (Å²) in [7, 11) is -2.81. The first-order valence-electron chi connectivity index (χ1n) is 21.4. The van der Waals surface area contributed by atoms with E-state index in [1.54, 1.807) is 41.0 Å². The second kappa shape index (κ2) is 21.9. The van der Waals surface area contributed by atoms with E-state index in [4.69, 9.17) is 18.9 Å². The highest BCUT2D eigenvalue weighted by Gasteiger charge is 2.32. The van der Waals surface area contributed by atoms with Crippen LogP contribution in [-0.2, 0) is 38.6 Å². The SMILES string of the molecule is CCOC(=O)[C@H](CNC(=O)CNC(=O)C(CCC1CCN(C(=O)OC(C)(C)C)CC1)CCC1CCN(C(=O)OC(C)(C)C)CC1)NS(=O)(=O)c1ccc(OC)c2ccccc12. The third-order valence-electron chi connectivity index (χ3n) is 10.9. The summed E-state index contributed by atoms with van der Waals surface area (Å²) in [6, 6.07) is 8.26. The monoisotopic (exact) mass is 873 g/mol. The summed E-state index contributed by atoms with van der Waals surface area (Å²) in [5.74, 6) is -1.04. The Balaban J connectivity index is 1.36. The van der Waals surface area contributed by atoms with Crippen LogP contribution in [0.25, 0.3) is 10.8 Å². The number of amides is 4. The van der Waals surface area contributed by atoms with Gasteiger partial charge in [0, 0.05) is 49.4 Å². The second-order valence-corrected chi connectivity index (χ2v) is 19.6. The van der Waals surface area contributed by atoms with Crippen molar-refractivity contribution >= 4 is 50.8 Å². The van der Waals surface area contributed by atoms with Gasteiger partial charge in [-0.05, 0) is 124 Å². The van der Waals surface area contributed by atoms with Crippen LogP contribution in [-0.4, -0.2) is 118 Å². The molecule has 0 unspecified atom stereocenters. The minimum absolute atomic E-state index is 0.0143. The molecule has 2 saturated heterocycles. The highest BCUT2D eigenvalue weighted by Crippen LogP contribution is 2.32. The summed E-state index contributed by atoms with van der Waals surface area (Å²) in [5.41, 5.74) is -1.16. The number of rotatable bonds is 17. The number of fused-ring (bicyclic) bond motifs is 1. The smallest absolute Gasteiger partial charge is 0.410 e. The van der Waals surface area contributed by atoms with Crippen LogP contribution in [0.15, 0.2) is 41.3 Å². The van der Waals surface area contributed by atoms with Crippen molar-refractivity contribution in [2.24, 2.45) is 17.8 Å². The molecule has 0 saturated carbocycles. The van der Waals surface area contributed by atoms with Crippen molar-refractivity contribution in [1.29, 1.82) is 0 Å². The summed E-state index contributed by atoms with van der Waals surface area (Å²) in [5, 5.41) is 6.30. The number of benzene rings is 2. The van der Waals surface area contributed by atoms with E-state index in [-0.39, 0.29) is 42.1 Å². The zero-order valence-corrected chi connectivity index (χ0v) is 38.0. The molecule has 0 spiro atoms. The summed E-state index contributed by atoms with van der Waals surface area (Å²) < 4.78 is 51.4. The lowest BCUT2D eigenvalue weighted by molar-refractivity contribution is -0.145. The van der Waals surface area contributed by atoms with E-state index in [0.29, 0.717) is 67.4 Å². The Labute approximate surface area is 361 Å². The largest absolute Gasteiger partial charge is 0.496 e. The third-order valence-corrected chi connectivity index (χ3v) is 12.4. The van der Waals surface area contributed by atoms with Gasteiger partial charge in [0.25, 0.3) is 0 Å². The number of carbonyl (C=O) groups is 5. The predicted octanol–water partition coefficient (Wildman–Crippen LogP) is 5.76. The fourth-order valence-electron chi connectivity index (χ4n) is 7.65. The van der Waals surface area contributed by atoms with E-state index in [9.17, 15) is 32.4 Å². The maximum atomic E-state index is 13.8. The lowest BCUT2D eigenvalue weighted by atomic mass is 9.84. The number of piperidine rings is 2. The van der Waals surface area contributed by atoms with Crippen LogP contribution in [0.5, 0.6) is 5.75 Å². The molecule has 0 radical (unpaired) electrons. The van der Waals surface area contributed by atoms with Crippen molar-refractivity contribution in [3.63, 3.8) is 0 Å². The van der Waals surface area contributed by atoms with Gasteiger partial charge in [-0.15, -0.1) is 0 Å². The molecule has 16 nitrogen and oxygen atoms in total. The molecule has 2 heterocycles. The van der Waals surface area contributed by atoms with Crippen LogP contribution < -0.4 is 20.1 Å². The van der Waals surface area contributed by atoms with Gasteiger partial charge in [-0.3, -0.25) is 14.4 Å². The predicted molar refractivity (Wildman–Crippen MR) is 230 cm³/mol. The molecule has 2 aliphatic heterocycles. The maximum Gasteiger partial charge on any atom is 0.410 e. The Morgan fingerprint density at radius 3 is 1.74 bits per heavy atom. The number of sulfonamides is 1. The molecule has 340 valence electrons. The second-order valence-electron chi connectivity index (χ2n) is 17.9. The van der Waals surface area contributed by atoms with Gasteiger partial charge >= 0.3 is 18.2 Å². The maximum absolute atomic E-state index is 13.8. The molecule has 2 fully saturated rings. The average Bonchev–Trinajstić information content (AvgIpc) is 3.20. The van der Waals surface area contributed by atoms with Gasteiger partial charge in [-0.2, -0.15) is 4.72 Å². The molecule has 2 aliphatic rings. The van der Waals surface area contributed by atoms with Gasteiger partial charge < -0.3 is 39.4 Å². The molecule has 1 atom stereocenters. The van der Waals surface area contributed by atoms with Crippen molar-refractivity contribution in [3.05, 3.63) is 36.4 Å². The number of esters is 1. The Kier molecular flexibility index (Phi) is 17.6. The topological polar surface area (TPSA) is 199 Å². The fraction of sp³-hybridized carbons (Fsp3) is 0.659. The highest BCUT2D eigenvalue weighted by molar-refractivity contribution is 7.89. The molecule has 2 aromatic rings. The van der Waals surface area contributed by atoms with Crippen LogP contribution in [0.2, 0.25) is 0 Å². The Hall–Kier alpha value is -4.64. The minimum atomic E-state index is -4.30. The van der Waals surface area contributed by atoms with E-state index < -0.39 is 45.7 Å². The Morgan fingerprint density at radius 2 is 1.26 bits per heavy atom. The molecular formula is C44H67N5O11S. The lowest BCUT2D eigenvalue weighted by Gasteiger charge is -2.34. The van der Waals surface area contributed by atoms with Crippen LogP contribution in [0.3, 0.4) is 0 Å². The number of nitrogens with one attached hydrogen (secondary N) is 3. The van der Waals surface area contributed by atoms with Gasteiger partial charge in [0.2, 0.25) is 21.8 Å². The molecular weight excluding hydrogens is 807 g/mol. The molecule has 0 aliphatic carbocycles. The van der Waals surface area contributed by atoms with Crippen molar-refractivity contribution in [1.82, 2.24) is 25.2 Å². The Morgan fingerprint density at radius 1 is 0.754 bits per heavy atom. The average molecular weight is 874 g/mol. The molecule has 17 heteroatoms. The Bertz CT molecular complexity index is 1880. The highest BCUT2D eigenvalue weighted by atomic mass is 32.2. The van der Waals surface area contributed by atoms with Crippen LogP contribution in [0, 0.1) is 17.8 Å².